The Kier molecular flexibility index (Phi) is 3.70. The Morgan fingerprint density at radius 2 is 2.16 bits per heavy atom. The second kappa shape index (κ2) is 5.43. The molecule has 0 saturated heterocycles. The monoisotopic (exact) mass is 262 g/mol. The summed E-state index contributed by atoms with van der Waals surface area (Å²) in [4.78, 5) is 10.6. The van der Waals surface area contributed by atoms with Crippen LogP contribution < -0.4 is 9.47 Å². The molecule has 0 aliphatic carbocycles. The molecule has 0 unspecified atom stereocenters. The van der Waals surface area contributed by atoms with Gasteiger partial charge in [0.2, 0.25) is 0 Å². The summed E-state index contributed by atoms with van der Waals surface area (Å²) in [6.45, 7) is -0.168. The molecule has 0 spiro atoms. The van der Waals surface area contributed by atoms with Gasteiger partial charge in [0.15, 0.2) is 0 Å². The minimum absolute atomic E-state index is 0.168. The predicted octanol–water partition coefficient (Wildman–Crippen LogP) is 1.65. The van der Waals surface area contributed by atoms with Crippen LogP contribution in [-0.2, 0) is 11.3 Å². The molecule has 0 aliphatic heterocycles. The maximum Gasteiger partial charge on any atom is 0.325 e. The van der Waals surface area contributed by atoms with E-state index in [1.807, 2.05) is 12.1 Å². The van der Waals surface area contributed by atoms with Gasteiger partial charge in [0, 0.05) is 23.4 Å². The third kappa shape index (κ3) is 2.85. The smallest absolute Gasteiger partial charge is 0.325 e. The van der Waals surface area contributed by atoms with E-state index < -0.39 is 5.97 Å². The number of carboxylic acid groups (broad SMARTS) is 1. The highest BCUT2D eigenvalue weighted by Gasteiger charge is 2.10. The highest BCUT2D eigenvalue weighted by atomic mass is 16.5. The summed E-state index contributed by atoms with van der Waals surface area (Å²) in [5, 5.41) is 12.7. The van der Waals surface area contributed by atoms with Gasteiger partial charge < -0.3 is 14.6 Å². The zero-order valence-corrected chi connectivity index (χ0v) is 10.7. The van der Waals surface area contributed by atoms with Gasteiger partial charge in [0.25, 0.3) is 0 Å². The molecule has 0 radical (unpaired) electrons. The normalized spacial score (nSPS) is 10.2. The van der Waals surface area contributed by atoms with Gasteiger partial charge >= 0.3 is 5.97 Å². The predicted molar refractivity (Wildman–Crippen MR) is 68.4 cm³/mol. The number of methoxy groups -OCH3 is 2. The SMILES string of the molecule is COc1ccc(-c2cnn(CC(=O)O)c2)c(OC)c1. The molecule has 1 heterocycles. The number of aliphatic carboxylic acids is 1. The van der Waals surface area contributed by atoms with Crippen LogP contribution in [0.2, 0.25) is 0 Å². The fourth-order valence-corrected chi connectivity index (χ4v) is 1.76. The van der Waals surface area contributed by atoms with E-state index in [-0.39, 0.29) is 6.54 Å². The summed E-state index contributed by atoms with van der Waals surface area (Å²) in [6.07, 6.45) is 3.27. The molecule has 1 N–H and O–H groups in total. The number of aromatic nitrogens is 2. The van der Waals surface area contributed by atoms with Gasteiger partial charge in [-0.05, 0) is 12.1 Å². The van der Waals surface area contributed by atoms with Crippen molar-refractivity contribution in [1.29, 1.82) is 0 Å². The van der Waals surface area contributed by atoms with E-state index >= 15 is 0 Å². The quantitative estimate of drug-likeness (QED) is 0.886. The van der Waals surface area contributed by atoms with Crippen LogP contribution in [0.1, 0.15) is 0 Å². The molecule has 0 atom stereocenters. The maximum atomic E-state index is 10.6. The molecule has 100 valence electrons. The van der Waals surface area contributed by atoms with Crippen LogP contribution in [0.5, 0.6) is 11.5 Å². The van der Waals surface area contributed by atoms with E-state index in [0.29, 0.717) is 11.5 Å². The van der Waals surface area contributed by atoms with Gasteiger partial charge in [-0.3, -0.25) is 9.48 Å². The van der Waals surface area contributed by atoms with Crippen LogP contribution in [-0.4, -0.2) is 35.1 Å². The average molecular weight is 262 g/mol. The molecule has 2 aromatic rings. The molecule has 0 fully saturated rings. The Hall–Kier alpha value is -2.50. The van der Waals surface area contributed by atoms with Crippen LogP contribution in [0.25, 0.3) is 11.1 Å². The number of nitrogens with zero attached hydrogens (tertiary/aromatic N) is 2. The summed E-state index contributed by atoms with van der Waals surface area (Å²) in [5.74, 6) is 0.407. The molecule has 0 aliphatic rings. The lowest BCUT2D eigenvalue weighted by molar-refractivity contribution is -0.137. The number of ether oxygens (including phenoxy) is 2. The zero-order valence-electron chi connectivity index (χ0n) is 10.7. The Labute approximate surface area is 110 Å². The van der Waals surface area contributed by atoms with Crippen LogP contribution in [0.3, 0.4) is 0 Å². The van der Waals surface area contributed by atoms with Crippen molar-refractivity contribution in [3.8, 4) is 22.6 Å². The Balaban J connectivity index is 2.35. The Bertz CT molecular complexity index is 592. The lowest BCUT2D eigenvalue weighted by Gasteiger charge is -2.08. The molecule has 6 nitrogen and oxygen atoms in total. The van der Waals surface area contributed by atoms with Crippen molar-refractivity contribution in [3.63, 3.8) is 0 Å². The summed E-state index contributed by atoms with van der Waals surface area (Å²) in [5.41, 5.74) is 1.63. The molecule has 0 bridgehead atoms. The number of hydrogen-bond acceptors (Lipinski definition) is 4. The van der Waals surface area contributed by atoms with E-state index in [1.54, 1.807) is 32.7 Å². The molecule has 19 heavy (non-hydrogen) atoms. The Morgan fingerprint density at radius 1 is 1.37 bits per heavy atom. The minimum Gasteiger partial charge on any atom is -0.497 e. The molecule has 6 heteroatoms. The number of benzene rings is 1. The van der Waals surface area contributed by atoms with E-state index in [4.69, 9.17) is 14.6 Å². The van der Waals surface area contributed by atoms with Crippen LogP contribution in [0.4, 0.5) is 0 Å². The van der Waals surface area contributed by atoms with Crippen molar-refractivity contribution in [2.24, 2.45) is 0 Å². The number of rotatable bonds is 5. The average Bonchev–Trinajstić information content (AvgIpc) is 2.85. The van der Waals surface area contributed by atoms with Crippen molar-refractivity contribution < 1.29 is 19.4 Å². The van der Waals surface area contributed by atoms with Crippen molar-refractivity contribution >= 4 is 5.97 Å². The number of hydrogen-bond donors (Lipinski definition) is 1. The Morgan fingerprint density at radius 3 is 2.79 bits per heavy atom. The van der Waals surface area contributed by atoms with Crippen molar-refractivity contribution in [1.82, 2.24) is 9.78 Å². The highest BCUT2D eigenvalue weighted by Crippen LogP contribution is 2.32. The fourth-order valence-electron chi connectivity index (χ4n) is 1.76. The third-order valence-corrected chi connectivity index (χ3v) is 2.65. The van der Waals surface area contributed by atoms with E-state index in [2.05, 4.69) is 5.10 Å². The number of carbonyl (C=O) groups is 1. The lowest BCUT2D eigenvalue weighted by Crippen LogP contribution is -2.08. The molecule has 1 aromatic carbocycles. The molecule has 1 aromatic heterocycles. The van der Waals surface area contributed by atoms with E-state index in [9.17, 15) is 4.79 Å². The van der Waals surface area contributed by atoms with Gasteiger partial charge in [-0.2, -0.15) is 5.10 Å². The van der Waals surface area contributed by atoms with Gasteiger partial charge in [-0.25, -0.2) is 0 Å². The van der Waals surface area contributed by atoms with Crippen molar-refractivity contribution in [3.05, 3.63) is 30.6 Å². The largest absolute Gasteiger partial charge is 0.497 e. The molecule has 0 saturated carbocycles. The van der Waals surface area contributed by atoms with E-state index in [1.165, 1.54) is 4.68 Å². The first kappa shape index (κ1) is 12.9. The number of carboxylic acids is 1. The molecular formula is C13H14N2O4. The van der Waals surface area contributed by atoms with Crippen molar-refractivity contribution in [2.45, 2.75) is 6.54 Å². The summed E-state index contributed by atoms with van der Waals surface area (Å²) >= 11 is 0. The van der Waals surface area contributed by atoms with Crippen LogP contribution in [0.15, 0.2) is 30.6 Å². The maximum absolute atomic E-state index is 10.6. The van der Waals surface area contributed by atoms with E-state index in [0.717, 1.165) is 11.1 Å². The molecular weight excluding hydrogens is 248 g/mol. The van der Waals surface area contributed by atoms with Crippen LogP contribution >= 0.6 is 0 Å². The standard InChI is InChI=1S/C13H14N2O4/c1-18-10-3-4-11(12(5-10)19-2)9-6-14-15(7-9)8-13(16)17/h3-7H,8H2,1-2H3,(H,16,17). The fraction of sp³-hybridized carbons (Fsp3) is 0.231. The van der Waals surface area contributed by atoms with Gasteiger partial charge in [-0.15, -0.1) is 0 Å². The molecule has 0 amide bonds. The topological polar surface area (TPSA) is 73.6 Å². The van der Waals surface area contributed by atoms with Gasteiger partial charge in [-0.1, -0.05) is 0 Å². The van der Waals surface area contributed by atoms with Gasteiger partial charge in [0.1, 0.15) is 18.0 Å². The minimum atomic E-state index is -0.934. The first-order chi connectivity index (χ1) is 9.13. The second-order valence-corrected chi connectivity index (χ2v) is 3.89. The third-order valence-electron chi connectivity index (χ3n) is 2.65. The summed E-state index contributed by atoms with van der Waals surface area (Å²) < 4.78 is 11.8. The zero-order chi connectivity index (χ0) is 13.8. The van der Waals surface area contributed by atoms with Crippen LogP contribution in [0, 0.1) is 0 Å². The van der Waals surface area contributed by atoms with Crippen molar-refractivity contribution in [2.75, 3.05) is 14.2 Å². The summed E-state index contributed by atoms with van der Waals surface area (Å²) in [7, 11) is 3.15. The highest BCUT2D eigenvalue weighted by molar-refractivity contribution is 5.71. The lowest BCUT2D eigenvalue weighted by atomic mass is 10.1. The first-order valence-corrected chi connectivity index (χ1v) is 5.60. The van der Waals surface area contributed by atoms with Gasteiger partial charge in [0.05, 0.1) is 20.4 Å². The summed E-state index contributed by atoms with van der Waals surface area (Å²) in [6, 6.07) is 5.43. The molecule has 2 rings (SSSR count). The second-order valence-electron chi connectivity index (χ2n) is 3.89. The first-order valence-electron chi connectivity index (χ1n) is 5.60.